The number of rotatable bonds is 4. The molecule has 8 heteroatoms. The number of aryl methyl sites for hydroxylation is 1. The highest BCUT2D eigenvalue weighted by atomic mass is 32.2. The Bertz CT molecular complexity index is 822. The summed E-state index contributed by atoms with van der Waals surface area (Å²) in [4.78, 5) is 19.3. The molecule has 3 fully saturated rings. The molecule has 0 aliphatic carbocycles. The van der Waals surface area contributed by atoms with Crippen molar-refractivity contribution in [1.29, 1.82) is 0 Å². The van der Waals surface area contributed by atoms with E-state index in [9.17, 15) is 13.2 Å². The van der Waals surface area contributed by atoms with Crippen molar-refractivity contribution in [3.8, 4) is 0 Å². The Balaban J connectivity index is 1.35. The number of pyridine rings is 1. The zero-order valence-electron chi connectivity index (χ0n) is 16.6. The van der Waals surface area contributed by atoms with E-state index in [1.807, 2.05) is 13.0 Å². The number of sulfonamides is 1. The highest BCUT2D eigenvalue weighted by Gasteiger charge is 2.44. The van der Waals surface area contributed by atoms with E-state index in [0.717, 1.165) is 49.8 Å². The molecule has 0 radical (unpaired) electrons. The Labute approximate surface area is 167 Å². The van der Waals surface area contributed by atoms with E-state index in [4.69, 9.17) is 4.74 Å². The van der Waals surface area contributed by atoms with Crippen LogP contribution in [-0.4, -0.2) is 72.2 Å². The minimum atomic E-state index is -3.11. The Hall–Kier alpha value is -1.51. The lowest BCUT2D eigenvalue weighted by Crippen LogP contribution is -2.50. The second-order valence-electron chi connectivity index (χ2n) is 8.37. The number of nitrogens with zero attached hydrogens (tertiary/aromatic N) is 3. The van der Waals surface area contributed by atoms with Crippen LogP contribution >= 0.6 is 0 Å². The summed E-state index contributed by atoms with van der Waals surface area (Å²) in [5, 5.41) is 0. The fourth-order valence-electron chi connectivity index (χ4n) is 4.97. The van der Waals surface area contributed by atoms with Crippen LogP contribution < -0.4 is 0 Å². The zero-order chi connectivity index (χ0) is 19.9. The molecule has 4 heterocycles. The molecule has 0 saturated carbocycles. The van der Waals surface area contributed by atoms with Crippen LogP contribution in [0.4, 0.5) is 0 Å². The molecule has 2 atom stereocenters. The van der Waals surface area contributed by atoms with Crippen LogP contribution in [0.5, 0.6) is 0 Å². The summed E-state index contributed by atoms with van der Waals surface area (Å²) in [7, 11) is -3.11. The lowest BCUT2D eigenvalue weighted by Gasteiger charge is -2.41. The summed E-state index contributed by atoms with van der Waals surface area (Å²) < 4.78 is 31.2. The molecule has 1 amide bonds. The van der Waals surface area contributed by atoms with E-state index in [1.165, 1.54) is 10.6 Å². The Morgan fingerprint density at radius 2 is 1.75 bits per heavy atom. The van der Waals surface area contributed by atoms with Gasteiger partial charge in [0.05, 0.1) is 18.5 Å². The van der Waals surface area contributed by atoms with Crippen molar-refractivity contribution in [2.24, 2.45) is 0 Å². The van der Waals surface area contributed by atoms with Gasteiger partial charge in [-0.25, -0.2) is 12.7 Å². The van der Waals surface area contributed by atoms with E-state index in [2.05, 4.69) is 9.88 Å². The average Bonchev–Trinajstić information content (AvgIpc) is 2.91. The number of fused-ring (bicyclic) bond motifs is 2. The highest BCUT2D eigenvalue weighted by Crippen LogP contribution is 2.38. The first-order valence-electron chi connectivity index (χ1n) is 10.2. The maximum absolute atomic E-state index is 13.0. The predicted molar refractivity (Wildman–Crippen MR) is 105 cm³/mol. The molecule has 0 spiro atoms. The third-order valence-electron chi connectivity index (χ3n) is 6.32. The number of aromatic nitrogens is 1. The first-order valence-corrected chi connectivity index (χ1v) is 12.0. The van der Waals surface area contributed by atoms with Gasteiger partial charge in [-0.05, 0) is 57.6 Å². The van der Waals surface area contributed by atoms with Crippen molar-refractivity contribution < 1.29 is 17.9 Å². The minimum Gasteiger partial charge on any atom is -0.375 e. The smallest absolute Gasteiger partial charge is 0.254 e. The first kappa shape index (κ1) is 19.8. The predicted octanol–water partition coefficient (Wildman–Crippen LogP) is 1.97. The minimum absolute atomic E-state index is 0.109. The van der Waals surface area contributed by atoms with Gasteiger partial charge in [-0.1, -0.05) is 0 Å². The van der Waals surface area contributed by atoms with Crippen molar-refractivity contribution in [1.82, 2.24) is 14.2 Å². The Morgan fingerprint density at radius 1 is 1.11 bits per heavy atom. The van der Waals surface area contributed by atoms with Gasteiger partial charge in [-0.2, -0.15) is 0 Å². The quantitative estimate of drug-likeness (QED) is 0.762. The number of hydrogen-bond donors (Lipinski definition) is 0. The van der Waals surface area contributed by atoms with Crippen LogP contribution in [0.1, 0.15) is 54.6 Å². The first-order chi connectivity index (χ1) is 13.3. The summed E-state index contributed by atoms with van der Waals surface area (Å²) >= 11 is 0. The Kier molecular flexibility index (Phi) is 5.46. The van der Waals surface area contributed by atoms with Crippen molar-refractivity contribution in [2.75, 3.05) is 19.3 Å². The number of carbonyl (C=O) groups is 1. The molecule has 3 saturated heterocycles. The molecule has 3 aliphatic rings. The Morgan fingerprint density at radius 3 is 2.32 bits per heavy atom. The summed E-state index contributed by atoms with van der Waals surface area (Å²) in [5.41, 5.74) is 1.58. The lowest BCUT2D eigenvalue weighted by atomic mass is 9.97. The molecule has 154 valence electrons. The van der Waals surface area contributed by atoms with Crippen molar-refractivity contribution in [3.63, 3.8) is 0 Å². The number of hydrogen-bond acceptors (Lipinski definition) is 5. The second kappa shape index (κ2) is 7.72. The zero-order valence-corrected chi connectivity index (χ0v) is 17.4. The molecule has 28 heavy (non-hydrogen) atoms. The largest absolute Gasteiger partial charge is 0.375 e. The fourth-order valence-corrected chi connectivity index (χ4v) is 5.84. The summed E-state index contributed by atoms with van der Waals surface area (Å²) in [6.07, 6.45) is 8.56. The number of ether oxygens (including phenoxy) is 1. The maximum Gasteiger partial charge on any atom is 0.254 e. The van der Waals surface area contributed by atoms with Gasteiger partial charge in [0.1, 0.15) is 0 Å². The number of amides is 1. The second-order valence-corrected chi connectivity index (χ2v) is 10.4. The van der Waals surface area contributed by atoms with E-state index >= 15 is 0 Å². The van der Waals surface area contributed by atoms with Crippen LogP contribution in [-0.2, 0) is 14.8 Å². The number of piperidine rings is 2. The van der Waals surface area contributed by atoms with Crippen molar-refractivity contribution >= 4 is 15.9 Å². The van der Waals surface area contributed by atoms with E-state index in [-0.39, 0.29) is 30.2 Å². The van der Waals surface area contributed by atoms with Gasteiger partial charge in [-0.15, -0.1) is 0 Å². The third-order valence-corrected chi connectivity index (χ3v) is 7.63. The molecular formula is C20H29N3O4S. The summed E-state index contributed by atoms with van der Waals surface area (Å²) in [6, 6.07) is 4.13. The number of carbonyl (C=O) groups excluding carboxylic acids is 1. The maximum atomic E-state index is 13.0. The van der Waals surface area contributed by atoms with Crippen LogP contribution in [0.3, 0.4) is 0 Å². The topological polar surface area (TPSA) is 79.8 Å². The van der Waals surface area contributed by atoms with Crippen molar-refractivity contribution in [2.45, 2.75) is 69.7 Å². The van der Waals surface area contributed by atoms with Gasteiger partial charge in [0.25, 0.3) is 5.91 Å². The molecule has 0 N–H and O–H groups in total. The van der Waals surface area contributed by atoms with Gasteiger partial charge >= 0.3 is 0 Å². The third kappa shape index (κ3) is 4.09. The standard InChI is InChI=1S/C20H29N3O4S/c1-14-11-15(5-8-21-14)20(24)23-16-3-4-17(23)13-19(12-16)27-18-6-9-22(10-7-18)28(2,25)26/h5,8,11,16-19H,3-4,6-7,9-10,12-13H2,1-2H3. The van der Waals surface area contributed by atoms with Gasteiger partial charge in [-0.3, -0.25) is 9.78 Å². The van der Waals surface area contributed by atoms with Crippen LogP contribution in [0.2, 0.25) is 0 Å². The molecule has 3 aliphatic heterocycles. The normalized spacial score (nSPS) is 29.2. The van der Waals surface area contributed by atoms with Gasteiger partial charge < -0.3 is 9.64 Å². The van der Waals surface area contributed by atoms with Gasteiger partial charge in [0.15, 0.2) is 0 Å². The lowest BCUT2D eigenvalue weighted by molar-refractivity contribution is -0.0689. The average molecular weight is 408 g/mol. The molecule has 0 aromatic carbocycles. The SMILES string of the molecule is Cc1cc(C(=O)N2C3CCC2CC(OC2CCN(S(C)(=O)=O)CC2)C3)ccn1. The molecule has 7 nitrogen and oxygen atoms in total. The van der Waals surface area contributed by atoms with Gasteiger partial charge in [0, 0.05) is 42.6 Å². The summed E-state index contributed by atoms with van der Waals surface area (Å²) in [5.74, 6) is 0.109. The molecule has 1 aromatic rings. The van der Waals surface area contributed by atoms with E-state index in [0.29, 0.717) is 13.1 Å². The monoisotopic (exact) mass is 407 g/mol. The van der Waals surface area contributed by atoms with Gasteiger partial charge in [0.2, 0.25) is 10.0 Å². The van der Waals surface area contributed by atoms with E-state index < -0.39 is 10.0 Å². The van der Waals surface area contributed by atoms with E-state index in [1.54, 1.807) is 12.3 Å². The van der Waals surface area contributed by atoms with Crippen LogP contribution in [0.15, 0.2) is 18.3 Å². The van der Waals surface area contributed by atoms with Crippen LogP contribution in [0, 0.1) is 6.92 Å². The molecule has 2 bridgehead atoms. The molecule has 4 rings (SSSR count). The molecular weight excluding hydrogens is 378 g/mol. The molecule has 2 unspecified atom stereocenters. The van der Waals surface area contributed by atoms with Crippen molar-refractivity contribution in [3.05, 3.63) is 29.6 Å². The molecule has 1 aromatic heterocycles. The summed E-state index contributed by atoms with van der Waals surface area (Å²) in [6.45, 7) is 2.98. The highest BCUT2D eigenvalue weighted by molar-refractivity contribution is 7.88. The van der Waals surface area contributed by atoms with Crippen LogP contribution in [0.25, 0.3) is 0 Å². The fraction of sp³-hybridized carbons (Fsp3) is 0.700.